The summed E-state index contributed by atoms with van der Waals surface area (Å²) in [6, 6.07) is 8.56. The van der Waals surface area contributed by atoms with Crippen molar-refractivity contribution in [1.82, 2.24) is 10.3 Å². The SMILES string of the molecule is Cc1ccsc1CNCCC1(c2ccccn2)CCOC2(CC=CC2)C1.Cl. The maximum absolute atomic E-state index is 6.28. The number of hydrogen-bond acceptors (Lipinski definition) is 4. The molecule has 1 N–H and O–H groups in total. The normalized spacial score (nSPS) is 23.4. The molecule has 0 bridgehead atoms. The molecule has 0 aromatic carbocycles. The van der Waals surface area contributed by atoms with Gasteiger partial charge in [-0.3, -0.25) is 4.98 Å². The van der Waals surface area contributed by atoms with E-state index in [9.17, 15) is 0 Å². The molecule has 3 nitrogen and oxygen atoms in total. The first kappa shape index (κ1) is 20.5. The Morgan fingerprint density at radius 1 is 1.22 bits per heavy atom. The second-order valence-corrected chi connectivity index (χ2v) is 8.79. The molecular weight excluding hydrogens is 376 g/mol. The molecule has 146 valence electrons. The van der Waals surface area contributed by atoms with E-state index in [0.29, 0.717) is 0 Å². The van der Waals surface area contributed by atoms with Gasteiger partial charge in [-0.15, -0.1) is 23.7 Å². The van der Waals surface area contributed by atoms with Crippen LogP contribution in [0.3, 0.4) is 0 Å². The van der Waals surface area contributed by atoms with E-state index < -0.39 is 0 Å². The minimum absolute atomic E-state index is 0. The summed E-state index contributed by atoms with van der Waals surface area (Å²) < 4.78 is 6.28. The van der Waals surface area contributed by atoms with Crippen LogP contribution in [0.15, 0.2) is 48.0 Å². The molecule has 1 saturated heterocycles. The van der Waals surface area contributed by atoms with Gasteiger partial charge in [-0.05, 0) is 74.7 Å². The highest BCUT2D eigenvalue weighted by Crippen LogP contribution is 2.47. The van der Waals surface area contributed by atoms with E-state index in [4.69, 9.17) is 9.72 Å². The Labute approximate surface area is 172 Å². The van der Waals surface area contributed by atoms with Crippen molar-refractivity contribution >= 4 is 23.7 Å². The molecule has 0 saturated carbocycles. The summed E-state index contributed by atoms with van der Waals surface area (Å²) in [5.41, 5.74) is 2.75. The Balaban J connectivity index is 0.00000210. The van der Waals surface area contributed by atoms with E-state index in [1.807, 2.05) is 23.6 Å². The summed E-state index contributed by atoms with van der Waals surface area (Å²) in [5.74, 6) is 0. The third-order valence-corrected chi connectivity index (χ3v) is 7.06. The number of ether oxygens (including phenoxy) is 1. The Hall–Kier alpha value is -1.20. The first-order chi connectivity index (χ1) is 12.7. The summed E-state index contributed by atoms with van der Waals surface area (Å²) in [7, 11) is 0. The molecule has 1 fully saturated rings. The molecule has 1 spiro atoms. The number of hydrogen-bond donors (Lipinski definition) is 1. The smallest absolute Gasteiger partial charge is 0.0760 e. The first-order valence-corrected chi connectivity index (χ1v) is 10.5. The number of nitrogens with zero attached hydrogens (tertiary/aromatic N) is 1. The summed E-state index contributed by atoms with van der Waals surface area (Å²) in [6.45, 7) is 5.00. The monoisotopic (exact) mass is 404 g/mol. The fourth-order valence-electron chi connectivity index (χ4n) is 4.51. The number of nitrogens with one attached hydrogen (secondary N) is 1. The number of pyridine rings is 1. The molecular formula is C22H29ClN2OS. The van der Waals surface area contributed by atoms with Crippen LogP contribution in [0.2, 0.25) is 0 Å². The second kappa shape index (κ2) is 8.87. The van der Waals surface area contributed by atoms with Crippen LogP contribution in [-0.2, 0) is 16.7 Å². The number of aryl methyl sites for hydroxylation is 1. The zero-order valence-corrected chi connectivity index (χ0v) is 17.6. The quantitative estimate of drug-likeness (QED) is 0.531. The van der Waals surface area contributed by atoms with Crippen molar-refractivity contribution in [3.8, 4) is 0 Å². The van der Waals surface area contributed by atoms with E-state index in [-0.39, 0.29) is 23.4 Å². The molecule has 3 heterocycles. The van der Waals surface area contributed by atoms with Crippen LogP contribution < -0.4 is 5.32 Å². The predicted molar refractivity (Wildman–Crippen MR) is 115 cm³/mol. The van der Waals surface area contributed by atoms with E-state index in [2.05, 4.69) is 48.0 Å². The largest absolute Gasteiger partial charge is 0.374 e. The zero-order valence-electron chi connectivity index (χ0n) is 15.9. The van der Waals surface area contributed by atoms with Gasteiger partial charge in [-0.1, -0.05) is 18.2 Å². The van der Waals surface area contributed by atoms with Gasteiger partial charge >= 0.3 is 0 Å². The van der Waals surface area contributed by atoms with Crippen molar-refractivity contribution in [1.29, 1.82) is 0 Å². The average molecular weight is 405 g/mol. The van der Waals surface area contributed by atoms with E-state index in [0.717, 1.165) is 51.8 Å². The summed E-state index contributed by atoms with van der Waals surface area (Å²) in [5, 5.41) is 5.85. The van der Waals surface area contributed by atoms with Gasteiger partial charge in [0, 0.05) is 35.3 Å². The van der Waals surface area contributed by atoms with Crippen LogP contribution in [0.25, 0.3) is 0 Å². The fourth-order valence-corrected chi connectivity index (χ4v) is 5.39. The molecule has 1 aliphatic carbocycles. The van der Waals surface area contributed by atoms with Crippen LogP contribution >= 0.6 is 23.7 Å². The van der Waals surface area contributed by atoms with Crippen LogP contribution in [0.4, 0.5) is 0 Å². The Morgan fingerprint density at radius 3 is 2.78 bits per heavy atom. The lowest BCUT2D eigenvalue weighted by Crippen LogP contribution is -2.47. The maximum Gasteiger partial charge on any atom is 0.0760 e. The number of thiophene rings is 1. The second-order valence-electron chi connectivity index (χ2n) is 7.79. The van der Waals surface area contributed by atoms with Crippen molar-refractivity contribution in [3.05, 3.63) is 64.1 Å². The highest BCUT2D eigenvalue weighted by Gasteiger charge is 2.47. The third-order valence-electron chi connectivity index (χ3n) is 6.04. The van der Waals surface area contributed by atoms with Crippen molar-refractivity contribution in [2.24, 2.45) is 0 Å². The van der Waals surface area contributed by atoms with E-state index in [1.54, 1.807) is 0 Å². The lowest BCUT2D eigenvalue weighted by atomic mass is 9.67. The van der Waals surface area contributed by atoms with Gasteiger partial charge < -0.3 is 10.1 Å². The maximum atomic E-state index is 6.28. The van der Waals surface area contributed by atoms with E-state index >= 15 is 0 Å². The molecule has 0 radical (unpaired) electrons. The topological polar surface area (TPSA) is 34.2 Å². The predicted octanol–water partition coefficient (Wildman–Crippen LogP) is 5.19. The molecule has 4 rings (SSSR count). The molecule has 2 aromatic heterocycles. The summed E-state index contributed by atoms with van der Waals surface area (Å²) in [6.07, 6.45) is 11.8. The summed E-state index contributed by atoms with van der Waals surface area (Å²) in [4.78, 5) is 6.21. The Bertz CT molecular complexity index is 753. The lowest BCUT2D eigenvalue weighted by molar-refractivity contribution is -0.100. The van der Waals surface area contributed by atoms with Crippen molar-refractivity contribution in [3.63, 3.8) is 0 Å². The van der Waals surface area contributed by atoms with Gasteiger partial charge in [0.1, 0.15) is 0 Å². The molecule has 1 atom stereocenters. The van der Waals surface area contributed by atoms with Crippen molar-refractivity contribution in [2.45, 2.75) is 56.6 Å². The minimum Gasteiger partial charge on any atom is -0.374 e. The van der Waals surface area contributed by atoms with Crippen LogP contribution in [0.1, 0.15) is 48.2 Å². The van der Waals surface area contributed by atoms with E-state index in [1.165, 1.54) is 16.1 Å². The van der Waals surface area contributed by atoms with Gasteiger partial charge in [0.05, 0.1) is 5.60 Å². The van der Waals surface area contributed by atoms with Crippen molar-refractivity contribution < 1.29 is 4.74 Å². The Morgan fingerprint density at radius 2 is 2.07 bits per heavy atom. The van der Waals surface area contributed by atoms with Crippen LogP contribution in [0, 0.1) is 6.92 Å². The first-order valence-electron chi connectivity index (χ1n) is 9.66. The molecule has 27 heavy (non-hydrogen) atoms. The standard InChI is InChI=1S/C22H28N2OS.ClH/c1-18-7-15-26-19(18)16-23-13-10-21(20-6-2-5-12-24-20)11-14-25-22(17-21)8-3-4-9-22;/h2-7,12,15,23H,8-11,13-14,16-17H2,1H3;1H. The van der Waals surface area contributed by atoms with Crippen molar-refractivity contribution in [2.75, 3.05) is 13.2 Å². The molecule has 5 heteroatoms. The third kappa shape index (κ3) is 4.45. The molecule has 2 aromatic rings. The van der Waals surface area contributed by atoms with Gasteiger partial charge in [0.25, 0.3) is 0 Å². The average Bonchev–Trinajstić information content (AvgIpc) is 3.29. The Kier molecular flexibility index (Phi) is 6.74. The lowest BCUT2D eigenvalue weighted by Gasteiger charge is -2.46. The summed E-state index contributed by atoms with van der Waals surface area (Å²) >= 11 is 1.84. The minimum atomic E-state index is 0. The molecule has 1 aliphatic heterocycles. The van der Waals surface area contributed by atoms with Gasteiger partial charge in [0.2, 0.25) is 0 Å². The van der Waals surface area contributed by atoms with Crippen LogP contribution in [0.5, 0.6) is 0 Å². The fraction of sp³-hybridized carbons (Fsp3) is 0.500. The zero-order chi connectivity index (χ0) is 17.9. The highest BCUT2D eigenvalue weighted by molar-refractivity contribution is 7.10. The number of rotatable bonds is 6. The van der Waals surface area contributed by atoms with Gasteiger partial charge in [-0.25, -0.2) is 0 Å². The number of aromatic nitrogens is 1. The number of halogens is 1. The van der Waals surface area contributed by atoms with Gasteiger partial charge in [0.15, 0.2) is 0 Å². The van der Waals surface area contributed by atoms with Crippen LogP contribution in [-0.4, -0.2) is 23.7 Å². The molecule has 0 amide bonds. The van der Waals surface area contributed by atoms with Gasteiger partial charge in [-0.2, -0.15) is 0 Å². The molecule has 1 unspecified atom stereocenters. The molecule has 2 aliphatic rings. The highest BCUT2D eigenvalue weighted by atomic mass is 35.5.